The molecular weight excluding hydrogens is 261 g/mol. The predicted octanol–water partition coefficient (Wildman–Crippen LogP) is 2.08. The fourth-order valence-corrected chi connectivity index (χ4v) is 1.50. The third-order valence-electron chi connectivity index (χ3n) is 1.82. The Kier molecular flexibility index (Phi) is 4.02. The molecule has 0 spiro atoms. The SMILES string of the molecule is N#CCc1cc(=O)[nH]c(OC(F)(F)F)c1CCl. The molecule has 0 saturated heterocycles. The van der Waals surface area contributed by atoms with Crippen molar-refractivity contribution in [2.45, 2.75) is 18.7 Å². The van der Waals surface area contributed by atoms with Gasteiger partial charge in [-0.2, -0.15) is 5.26 Å². The van der Waals surface area contributed by atoms with E-state index in [-0.39, 0.29) is 23.4 Å². The van der Waals surface area contributed by atoms with E-state index in [0.717, 1.165) is 6.07 Å². The maximum Gasteiger partial charge on any atom is 0.574 e. The normalized spacial score (nSPS) is 11.0. The zero-order chi connectivity index (χ0) is 13.1. The molecule has 8 heteroatoms. The first kappa shape index (κ1) is 13.4. The number of nitriles is 1. The summed E-state index contributed by atoms with van der Waals surface area (Å²) in [7, 11) is 0. The highest BCUT2D eigenvalue weighted by Gasteiger charge is 2.33. The van der Waals surface area contributed by atoms with Crippen LogP contribution in [0.15, 0.2) is 10.9 Å². The third-order valence-corrected chi connectivity index (χ3v) is 2.09. The smallest absolute Gasteiger partial charge is 0.389 e. The highest BCUT2D eigenvalue weighted by molar-refractivity contribution is 6.17. The molecule has 0 fully saturated rings. The number of hydrogen-bond donors (Lipinski definition) is 1. The second-order valence-corrected chi connectivity index (χ2v) is 3.25. The van der Waals surface area contributed by atoms with E-state index < -0.39 is 17.8 Å². The van der Waals surface area contributed by atoms with Gasteiger partial charge in [0.05, 0.1) is 18.4 Å². The summed E-state index contributed by atoms with van der Waals surface area (Å²) in [4.78, 5) is 13.0. The second-order valence-electron chi connectivity index (χ2n) is 2.98. The van der Waals surface area contributed by atoms with Crippen molar-refractivity contribution in [3.63, 3.8) is 0 Å². The van der Waals surface area contributed by atoms with Crippen molar-refractivity contribution in [1.82, 2.24) is 4.98 Å². The first-order valence-electron chi connectivity index (χ1n) is 4.31. The monoisotopic (exact) mass is 266 g/mol. The summed E-state index contributed by atoms with van der Waals surface area (Å²) in [6.45, 7) is 0. The van der Waals surface area contributed by atoms with Crippen LogP contribution in [0, 0.1) is 11.3 Å². The van der Waals surface area contributed by atoms with Gasteiger partial charge in [0.1, 0.15) is 0 Å². The molecule has 17 heavy (non-hydrogen) atoms. The van der Waals surface area contributed by atoms with E-state index >= 15 is 0 Å². The number of nitrogens with zero attached hydrogens (tertiary/aromatic N) is 1. The lowest BCUT2D eigenvalue weighted by atomic mass is 10.1. The Labute approximate surface area is 98.6 Å². The second kappa shape index (κ2) is 5.10. The molecule has 4 nitrogen and oxygen atoms in total. The molecule has 0 saturated carbocycles. The molecule has 0 bridgehead atoms. The number of ether oxygens (including phenoxy) is 1. The van der Waals surface area contributed by atoms with E-state index in [0.29, 0.717) is 0 Å². The molecule has 0 atom stereocenters. The molecule has 0 aliphatic heterocycles. The van der Waals surface area contributed by atoms with Crippen LogP contribution in [-0.4, -0.2) is 11.3 Å². The van der Waals surface area contributed by atoms with Gasteiger partial charge in [-0.15, -0.1) is 24.8 Å². The summed E-state index contributed by atoms with van der Waals surface area (Å²) in [5.74, 6) is -1.08. The minimum atomic E-state index is -4.94. The number of nitrogens with one attached hydrogen (secondary N) is 1. The van der Waals surface area contributed by atoms with Crippen LogP contribution in [0.25, 0.3) is 0 Å². The van der Waals surface area contributed by atoms with Crippen molar-refractivity contribution in [2.75, 3.05) is 0 Å². The molecule has 1 N–H and O–H groups in total. The van der Waals surface area contributed by atoms with E-state index in [1.807, 2.05) is 4.98 Å². The number of halogens is 4. The van der Waals surface area contributed by atoms with Gasteiger partial charge in [-0.25, -0.2) is 0 Å². The van der Waals surface area contributed by atoms with Crippen LogP contribution in [-0.2, 0) is 12.3 Å². The van der Waals surface area contributed by atoms with Crippen molar-refractivity contribution in [1.29, 1.82) is 5.26 Å². The fourth-order valence-electron chi connectivity index (χ4n) is 1.21. The summed E-state index contributed by atoms with van der Waals surface area (Å²) in [6.07, 6.45) is -5.16. The molecule has 1 heterocycles. The highest BCUT2D eigenvalue weighted by atomic mass is 35.5. The number of rotatable bonds is 3. The molecule has 0 amide bonds. The van der Waals surface area contributed by atoms with Gasteiger partial charge in [-0.05, 0) is 5.56 Å². The molecule has 1 rings (SSSR count). The summed E-state index contributed by atoms with van der Waals surface area (Å²) < 4.78 is 39.8. The summed E-state index contributed by atoms with van der Waals surface area (Å²) in [6, 6.07) is 2.75. The van der Waals surface area contributed by atoms with Crippen LogP contribution < -0.4 is 10.3 Å². The van der Waals surface area contributed by atoms with Crippen LogP contribution in [0.2, 0.25) is 0 Å². The van der Waals surface area contributed by atoms with Crippen molar-refractivity contribution in [2.24, 2.45) is 0 Å². The topological polar surface area (TPSA) is 65.9 Å². The standard InChI is InChI=1S/C9H6ClF3N2O2/c10-4-6-5(1-2-14)3-7(16)15-8(6)17-9(11,12)13/h3H,1,4H2,(H,15,16). The number of hydrogen-bond acceptors (Lipinski definition) is 3. The van der Waals surface area contributed by atoms with Gasteiger partial charge >= 0.3 is 6.36 Å². The van der Waals surface area contributed by atoms with Crippen LogP contribution in [0.3, 0.4) is 0 Å². The molecule has 0 unspecified atom stereocenters. The van der Waals surface area contributed by atoms with Crippen molar-refractivity contribution in [3.05, 3.63) is 27.5 Å². The van der Waals surface area contributed by atoms with Crippen LogP contribution in [0.4, 0.5) is 13.2 Å². The van der Waals surface area contributed by atoms with Crippen molar-refractivity contribution in [3.8, 4) is 11.9 Å². The lowest BCUT2D eigenvalue weighted by Crippen LogP contribution is -2.22. The van der Waals surface area contributed by atoms with E-state index in [1.54, 1.807) is 6.07 Å². The van der Waals surface area contributed by atoms with Gasteiger partial charge in [0.15, 0.2) is 0 Å². The number of alkyl halides is 4. The van der Waals surface area contributed by atoms with Gasteiger partial charge in [0, 0.05) is 11.6 Å². The minimum absolute atomic E-state index is 0.0508. The molecule has 0 aliphatic carbocycles. The molecule has 0 aliphatic rings. The Morgan fingerprint density at radius 3 is 2.65 bits per heavy atom. The summed E-state index contributed by atoms with van der Waals surface area (Å²) in [5, 5.41) is 8.49. The number of aromatic nitrogens is 1. The quantitative estimate of drug-likeness (QED) is 0.852. The van der Waals surface area contributed by atoms with Crippen LogP contribution in [0.5, 0.6) is 5.88 Å². The van der Waals surface area contributed by atoms with E-state index in [9.17, 15) is 18.0 Å². The Hall–Kier alpha value is -1.68. The minimum Gasteiger partial charge on any atom is -0.389 e. The highest BCUT2D eigenvalue weighted by Crippen LogP contribution is 2.26. The maximum absolute atomic E-state index is 12.1. The van der Waals surface area contributed by atoms with Gasteiger partial charge in [-0.3, -0.25) is 9.78 Å². The molecule has 0 aromatic carbocycles. The van der Waals surface area contributed by atoms with Crippen molar-refractivity contribution >= 4 is 11.6 Å². The van der Waals surface area contributed by atoms with Crippen LogP contribution in [0.1, 0.15) is 11.1 Å². The van der Waals surface area contributed by atoms with E-state index in [1.165, 1.54) is 0 Å². The Balaban J connectivity index is 3.29. The van der Waals surface area contributed by atoms with Gasteiger partial charge in [0.25, 0.3) is 5.56 Å². The zero-order valence-corrected chi connectivity index (χ0v) is 9.02. The fraction of sp³-hybridized carbons (Fsp3) is 0.333. The molecule has 92 valence electrons. The predicted molar refractivity (Wildman–Crippen MR) is 52.6 cm³/mol. The summed E-state index contributed by atoms with van der Waals surface area (Å²) in [5.41, 5.74) is -0.723. The van der Waals surface area contributed by atoms with Crippen molar-refractivity contribution < 1.29 is 17.9 Å². The average molecular weight is 267 g/mol. The zero-order valence-electron chi connectivity index (χ0n) is 8.27. The molecule has 1 aromatic heterocycles. The largest absolute Gasteiger partial charge is 0.574 e. The Bertz CT molecular complexity index is 504. The van der Waals surface area contributed by atoms with E-state index in [4.69, 9.17) is 16.9 Å². The number of pyridine rings is 1. The Morgan fingerprint density at radius 1 is 1.53 bits per heavy atom. The third kappa shape index (κ3) is 3.67. The van der Waals surface area contributed by atoms with Crippen LogP contribution >= 0.6 is 11.6 Å². The molecular formula is C9H6ClF3N2O2. The number of aromatic amines is 1. The first-order valence-corrected chi connectivity index (χ1v) is 4.84. The van der Waals surface area contributed by atoms with Gasteiger partial charge in [-0.1, -0.05) is 0 Å². The lowest BCUT2D eigenvalue weighted by Gasteiger charge is -2.13. The summed E-state index contributed by atoms with van der Waals surface area (Å²) >= 11 is 5.48. The lowest BCUT2D eigenvalue weighted by molar-refractivity contribution is -0.276. The Morgan fingerprint density at radius 2 is 2.18 bits per heavy atom. The van der Waals surface area contributed by atoms with E-state index in [2.05, 4.69) is 4.74 Å². The average Bonchev–Trinajstić information content (AvgIpc) is 2.15. The number of H-pyrrole nitrogens is 1. The molecule has 0 radical (unpaired) electrons. The van der Waals surface area contributed by atoms with Gasteiger partial charge < -0.3 is 4.74 Å². The molecule has 1 aromatic rings. The maximum atomic E-state index is 12.1. The van der Waals surface area contributed by atoms with Gasteiger partial charge in [0.2, 0.25) is 5.88 Å². The first-order chi connectivity index (χ1) is 7.87.